The van der Waals surface area contributed by atoms with Crippen LogP contribution in [0, 0.1) is 0 Å². The molecule has 1 atom stereocenters. The predicted octanol–water partition coefficient (Wildman–Crippen LogP) is 4.84. The lowest BCUT2D eigenvalue weighted by Gasteiger charge is -2.22. The van der Waals surface area contributed by atoms with Crippen LogP contribution in [0.2, 0.25) is 0 Å². The smallest absolute Gasteiger partial charge is 0.00103 e. The first-order valence-electron chi connectivity index (χ1n) is 6.16. The molecular formula is C16H24. The van der Waals surface area contributed by atoms with E-state index in [0.29, 0.717) is 5.92 Å². The number of hydrogen-bond donors (Lipinski definition) is 0. The maximum Gasteiger partial charge on any atom is -0.00103 e. The van der Waals surface area contributed by atoms with Gasteiger partial charge in [0.05, 0.1) is 0 Å². The average molecular weight is 216 g/mol. The van der Waals surface area contributed by atoms with Gasteiger partial charge in [0.1, 0.15) is 0 Å². The highest BCUT2D eigenvalue weighted by atomic mass is 14.2. The molecule has 0 radical (unpaired) electrons. The molecule has 0 saturated carbocycles. The van der Waals surface area contributed by atoms with E-state index in [4.69, 9.17) is 0 Å². The summed E-state index contributed by atoms with van der Waals surface area (Å²) in [6.07, 6.45) is 3.12. The van der Waals surface area contributed by atoms with E-state index in [1.54, 1.807) is 0 Å². The van der Waals surface area contributed by atoms with Gasteiger partial charge in [0.25, 0.3) is 0 Å². The molecular weight excluding hydrogens is 192 g/mol. The van der Waals surface area contributed by atoms with Gasteiger partial charge in [0, 0.05) is 0 Å². The molecule has 0 aromatic heterocycles. The van der Waals surface area contributed by atoms with Gasteiger partial charge in [-0.2, -0.15) is 0 Å². The van der Waals surface area contributed by atoms with Gasteiger partial charge in [-0.1, -0.05) is 58.9 Å². The zero-order valence-corrected chi connectivity index (χ0v) is 11.3. The summed E-state index contributed by atoms with van der Waals surface area (Å²) >= 11 is 0. The van der Waals surface area contributed by atoms with E-state index in [1.165, 1.54) is 16.7 Å². The molecule has 0 aliphatic heterocycles. The molecule has 0 saturated heterocycles. The fourth-order valence-corrected chi connectivity index (χ4v) is 1.93. The van der Waals surface area contributed by atoms with Gasteiger partial charge in [-0.3, -0.25) is 0 Å². The summed E-state index contributed by atoms with van der Waals surface area (Å²) in [5.74, 6) is 0.442. The summed E-state index contributed by atoms with van der Waals surface area (Å²) in [6, 6.07) is 6.89. The lowest BCUT2D eigenvalue weighted by atomic mass is 9.83. The minimum atomic E-state index is 0.224. The Hall–Kier alpha value is -1.04. The number of rotatable bonds is 3. The van der Waals surface area contributed by atoms with Crippen LogP contribution in [0.25, 0.3) is 0 Å². The molecule has 0 fully saturated rings. The zero-order valence-electron chi connectivity index (χ0n) is 11.3. The molecule has 1 aromatic carbocycles. The van der Waals surface area contributed by atoms with E-state index in [1.807, 2.05) is 6.08 Å². The van der Waals surface area contributed by atoms with Crippen molar-refractivity contribution >= 4 is 0 Å². The van der Waals surface area contributed by atoms with Gasteiger partial charge >= 0.3 is 0 Å². The van der Waals surface area contributed by atoms with Crippen molar-refractivity contribution < 1.29 is 0 Å². The van der Waals surface area contributed by atoms with Crippen molar-refractivity contribution in [3.63, 3.8) is 0 Å². The van der Waals surface area contributed by atoms with Crippen molar-refractivity contribution in [2.24, 2.45) is 0 Å². The Kier molecular flexibility index (Phi) is 3.96. The third-order valence-electron chi connectivity index (χ3n) is 3.24. The van der Waals surface area contributed by atoms with E-state index in [2.05, 4.69) is 59.4 Å². The molecule has 0 spiro atoms. The standard InChI is InChI=1S/C16H24/c1-7-12(3)15-11-14(16(4,5)6)10-9-13(15)8-2/h7,9-12H,1,8H2,2-6H3. The van der Waals surface area contributed by atoms with Crippen LogP contribution in [0.15, 0.2) is 30.9 Å². The van der Waals surface area contributed by atoms with Gasteiger partial charge < -0.3 is 0 Å². The number of benzene rings is 1. The second kappa shape index (κ2) is 4.86. The number of aryl methyl sites for hydroxylation is 1. The van der Waals surface area contributed by atoms with Crippen molar-refractivity contribution in [2.75, 3.05) is 0 Å². The molecule has 16 heavy (non-hydrogen) atoms. The average Bonchev–Trinajstić information content (AvgIpc) is 2.25. The minimum Gasteiger partial charge on any atom is -0.102 e. The first-order valence-corrected chi connectivity index (χ1v) is 6.16. The molecule has 0 aliphatic carbocycles. The quantitative estimate of drug-likeness (QED) is 0.634. The van der Waals surface area contributed by atoms with Crippen molar-refractivity contribution in [1.82, 2.24) is 0 Å². The third kappa shape index (κ3) is 2.75. The van der Waals surface area contributed by atoms with Gasteiger partial charge in [-0.15, -0.1) is 6.58 Å². The molecule has 0 heterocycles. The lowest BCUT2D eigenvalue weighted by Crippen LogP contribution is -2.12. The zero-order chi connectivity index (χ0) is 12.3. The van der Waals surface area contributed by atoms with E-state index in [9.17, 15) is 0 Å². The molecule has 0 nitrogen and oxygen atoms in total. The van der Waals surface area contributed by atoms with Crippen LogP contribution in [0.5, 0.6) is 0 Å². The van der Waals surface area contributed by atoms with Crippen molar-refractivity contribution in [3.8, 4) is 0 Å². The Morgan fingerprint density at radius 2 is 1.94 bits per heavy atom. The third-order valence-corrected chi connectivity index (χ3v) is 3.24. The van der Waals surface area contributed by atoms with E-state index in [0.717, 1.165) is 6.42 Å². The summed E-state index contributed by atoms with van der Waals surface area (Å²) in [6.45, 7) is 15.1. The van der Waals surface area contributed by atoms with Crippen LogP contribution in [0.1, 0.15) is 57.2 Å². The minimum absolute atomic E-state index is 0.224. The lowest BCUT2D eigenvalue weighted by molar-refractivity contribution is 0.588. The van der Waals surface area contributed by atoms with Gasteiger partial charge in [-0.25, -0.2) is 0 Å². The molecule has 0 aliphatic rings. The Balaban J connectivity index is 3.26. The number of hydrogen-bond acceptors (Lipinski definition) is 0. The van der Waals surface area contributed by atoms with Crippen LogP contribution < -0.4 is 0 Å². The van der Waals surface area contributed by atoms with Gasteiger partial charge in [-0.05, 0) is 34.4 Å². The van der Waals surface area contributed by atoms with Gasteiger partial charge in [0.2, 0.25) is 0 Å². The highest BCUT2D eigenvalue weighted by Gasteiger charge is 2.16. The highest BCUT2D eigenvalue weighted by Crippen LogP contribution is 2.29. The highest BCUT2D eigenvalue weighted by molar-refractivity contribution is 5.38. The Morgan fingerprint density at radius 3 is 2.38 bits per heavy atom. The summed E-state index contributed by atoms with van der Waals surface area (Å²) in [7, 11) is 0. The molecule has 0 amide bonds. The van der Waals surface area contributed by atoms with Crippen LogP contribution in [-0.2, 0) is 11.8 Å². The summed E-state index contributed by atoms with van der Waals surface area (Å²) in [5.41, 5.74) is 4.51. The van der Waals surface area contributed by atoms with Crippen LogP contribution in [-0.4, -0.2) is 0 Å². The van der Waals surface area contributed by atoms with E-state index in [-0.39, 0.29) is 5.41 Å². The molecule has 1 rings (SSSR count). The monoisotopic (exact) mass is 216 g/mol. The second-order valence-electron chi connectivity index (χ2n) is 5.54. The molecule has 1 aromatic rings. The summed E-state index contributed by atoms with van der Waals surface area (Å²) in [5, 5.41) is 0. The fraction of sp³-hybridized carbons (Fsp3) is 0.500. The first kappa shape index (κ1) is 13.0. The van der Waals surface area contributed by atoms with Gasteiger partial charge in [0.15, 0.2) is 0 Å². The van der Waals surface area contributed by atoms with Crippen molar-refractivity contribution in [2.45, 2.75) is 52.4 Å². The Bertz CT molecular complexity index is 366. The normalized spacial score (nSPS) is 13.6. The molecule has 1 unspecified atom stereocenters. The molecule has 0 N–H and O–H groups in total. The predicted molar refractivity (Wildman–Crippen MR) is 73.1 cm³/mol. The van der Waals surface area contributed by atoms with E-state index >= 15 is 0 Å². The summed E-state index contributed by atoms with van der Waals surface area (Å²) < 4.78 is 0. The Morgan fingerprint density at radius 1 is 1.31 bits per heavy atom. The maximum absolute atomic E-state index is 3.90. The number of allylic oxidation sites excluding steroid dienone is 1. The van der Waals surface area contributed by atoms with Crippen molar-refractivity contribution in [1.29, 1.82) is 0 Å². The first-order chi connectivity index (χ1) is 7.40. The van der Waals surface area contributed by atoms with Crippen LogP contribution >= 0.6 is 0 Å². The second-order valence-corrected chi connectivity index (χ2v) is 5.54. The SMILES string of the molecule is C=CC(C)c1cc(C(C)(C)C)ccc1CC. The van der Waals surface area contributed by atoms with E-state index < -0.39 is 0 Å². The maximum atomic E-state index is 3.90. The van der Waals surface area contributed by atoms with Crippen LogP contribution in [0.4, 0.5) is 0 Å². The largest absolute Gasteiger partial charge is 0.102 e. The fourth-order valence-electron chi connectivity index (χ4n) is 1.93. The Labute approximate surface area is 100 Å². The molecule has 0 bridgehead atoms. The molecule has 88 valence electrons. The molecule has 0 heteroatoms. The summed E-state index contributed by atoms with van der Waals surface area (Å²) in [4.78, 5) is 0. The van der Waals surface area contributed by atoms with Crippen LogP contribution in [0.3, 0.4) is 0 Å². The topological polar surface area (TPSA) is 0 Å². The van der Waals surface area contributed by atoms with Crippen molar-refractivity contribution in [3.05, 3.63) is 47.5 Å².